The van der Waals surface area contributed by atoms with Crippen LogP contribution in [0.25, 0.3) is 0 Å². The summed E-state index contributed by atoms with van der Waals surface area (Å²) in [6, 6.07) is 0. The summed E-state index contributed by atoms with van der Waals surface area (Å²) in [5, 5.41) is 0. The first-order chi connectivity index (χ1) is 2.27. The molecule has 3 heteroatoms. The van der Waals surface area contributed by atoms with Crippen LogP contribution in [0.2, 0.25) is 13.1 Å². The molecule has 0 spiro atoms. The number of rotatable bonds is 1. The van der Waals surface area contributed by atoms with E-state index in [-0.39, 0.29) is 16.7 Å². The monoisotopic (exact) mass is 124 g/mol. The lowest BCUT2D eigenvalue weighted by atomic mass is 11.9. The van der Waals surface area contributed by atoms with E-state index in [0.29, 0.717) is 0 Å². The molecule has 0 atom stereocenters. The van der Waals surface area contributed by atoms with Gasteiger partial charge in [-0.2, -0.15) is 11.1 Å². The third-order valence-electron chi connectivity index (χ3n) is 0.309. The maximum absolute atomic E-state index is 5.54. The van der Waals surface area contributed by atoms with E-state index in [2.05, 4.69) is 13.1 Å². The number of halogens is 1. The number of hydrogen-bond acceptors (Lipinski definition) is 0. The molecule has 32 valence electrons. The zero-order valence-corrected chi connectivity index (χ0v) is 6.99. The molecule has 0 N–H and O–H groups in total. The summed E-state index contributed by atoms with van der Waals surface area (Å²) in [7, 11) is -0.285. The highest BCUT2D eigenvalue weighted by atomic mass is 35.6. The number of hydrogen-bond donors (Lipinski definition) is 0. The molecule has 0 rings (SSSR count). The summed E-state index contributed by atoms with van der Waals surface area (Å²) in [5.41, 5.74) is 0. The second-order valence-corrected chi connectivity index (χ2v) is 13.2. The molecule has 0 saturated heterocycles. The third-order valence-corrected chi connectivity index (χ3v) is 8.33. The van der Waals surface area contributed by atoms with Crippen LogP contribution in [0.3, 0.4) is 0 Å². The molecule has 0 aromatic rings. The molecular formula is C2H9ClSi2. The second-order valence-electron chi connectivity index (χ2n) is 1.55. The fourth-order valence-electron chi connectivity index (χ4n) is 0. The normalized spacial score (nSPS) is 12.0. The van der Waals surface area contributed by atoms with Gasteiger partial charge < -0.3 is 0 Å². The Morgan fingerprint density at radius 2 is 1.80 bits per heavy atom. The molecule has 0 aromatic carbocycles. The van der Waals surface area contributed by atoms with E-state index in [1.54, 1.807) is 0 Å². The molecule has 5 heavy (non-hydrogen) atoms. The zero-order valence-electron chi connectivity index (χ0n) is 3.66. The van der Waals surface area contributed by atoms with Gasteiger partial charge in [0.1, 0.15) is 8.35 Å². The molecule has 0 radical (unpaired) electrons. The van der Waals surface area contributed by atoms with Crippen LogP contribution in [0.1, 0.15) is 0 Å². The van der Waals surface area contributed by atoms with Gasteiger partial charge in [-0.25, -0.2) is 0 Å². The molecule has 0 aliphatic carbocycles. The highest BCUT2D eigenvalue weighted by Crippen LogP contribution is 1.76. The van der Waals surface area contributed by atoms with Crippen LogP contribution in [-0.4, -0.2) is 16.7 Å². The maximum Gasteiger partial charge on any atom is 0.113 e. The molecule has 0 aromatic heterocycles. The minimum atomic E-state index is -0.245. The van der Waals surface area contributed by atoms with E-state index in [1.165, 1.54) is 0 Å². The summed E-state index contributed by atoms with van der Waals surface area (Å²) >= 11 is 5.54. The van der Waals surface area contributed by atoms with Crippen molar-refractivity contribution in [1.82, 2.24) is 0 Å². The van der Waals surface area contributed by atoms with Crippen LogP contribution in [-0.2, 0) is 0 Å². The zero-order chi connectivity index (χ0) is 4.28. The molecule has 0 amide bonds. The summed E-state index contributed by atoms with van der Waals surface area (Å²) < 4.78 is 0. The Morgan fingerprint density at radius 3 is 1.80 bits per heavy atom. The van der Waals surface area contributed by atoms with Crippen LogP contribution in [0, 0.1) is 0 Å². The van der Waals surface area contributed by atoms with Crippen molar-refractivity contribution in [3.63, 3.8) is 0 Å². The van der Waals surface area contributed by atoms with Gasteiger partial charge in [-0.15, -0.1) is 0 Å². The summed E-state index contributed by atoms with van der Waals surface area (Å²) in [4.78, 5) is 0. The van der Waals surface area contributed by atoms with E-state index >= 15 is 0 Å². The van der Waals surface area contributed by atoms with Crippen LogP contribution >= 0.6 is 11.1 Å². The molecule has 0 fully saturated rings. The van der Waals surface area contributed by atoms with Crippen molar-refractivity contribution >= 4 is 27.7 Å². The first-order valence-corrected chi connectivity index (χ1v) is 9.54. The van der Waals surface area contributed by atoms with Gasteiger partial charge in [-0.1, -0.05) is 13.1 Å². The van der Waals surface area contributed by atoms with Crippen molar-refractivity contribution in [3.05, 3.63) is 0 Å². The first-order valence-electron chi connectivity index (χ1n) is 1.83. The minimum absolute atomic E-state index is 0.0401. The van der Waals surface area contributed by atoms with Crippen LogP contribution < -0.4 is 0 Å². The van der Waals surface area contributed by atoms with Crippen molar-refractivity contribution in [2.75, 3.05) is 0 Å². The quantitative estimate of drug-likeness (QED) is 0.349. The van der Waals surface area contributed by atoms with E-state index in [4.69, 9.17) is 11.1 Å². The van der Waals surface area contributed by atoms with Gasteiger partial charge >= 0.3 is 0 Å². The van der Waals surface area contributed by atoms with Crippen LogP contribution in [0.15, 0.2) is 0 Å². The standard InChI is InChI=1S/C2H9ClSi2/c1-5(2)4-3/h5H,4H2,1-2H3. The Balaban J connectivity index is 2.54. The predicted molar refractivity (Wildman–Crippen MR) is 33.3 cm³/mol. The van der Waals surface area contributed by atoms with Gasteiger partial charge in [0.15, 0.2) is 0 Å². The molecule has 0 bridgehead atoms. The van der Waals surface area contributed by atoms with Crippen molar-refractivity contribution in [2.24, 2.45) is 0 Å². The molecule has 0 saturated carbocycles. The average molecular weight is 125 g/mol. The van der Waals surface area contributed by atoms with Crippen molar-refractivity contribution in [1.29, 1.82) is 0 Å². The summed E-state index contributed by atoms with van der Waals surface area (Å²) in [6.45, 7) is 4.58. The Hall–Kier alpha value is 0.724. The molecular weight excluding hydrogens is 116 g/mol. The van der Waals surface area contributed by atoms with E-state index in [0.717, 1.165) is 0 Å². The Kier molecular flexibility index (Phi) is 3.36. The van der Waals surface area contributed by atoms with Crippen LogP contribution in [0.4, 0.5) is 0 Å². The largest absolute Gasteiger partial charge is 0.180 e. The first kappa shape index (κ1) is 5.72. The average Bonchev–Trinajstić information content (AvgIpc) is 1.38. The lowest BCUT2D eigenvalue weighted by molar-refractivity contribution is 2.10. The SMILES string of the molecule is C[SiH](C)[SiH2]Cl. The van der Waals surface area contributed by atoms with E-state index in [9.17, 15) is 0 Å². The third kappa shape index (κ3) is 4.72. The molecule has 0 heterocycles. The highest BCUT2D eigenvalue weighted by Gasteiger charge is 1.86. The van der Waals surface area contributed by atoms with Crippen molar-refractivity contribution in [2.45, 2.75) is 13.1 Å². The van der Waals surface area contributed by atoms with E-state index in [1.807, 2.05) is 0 Å². The lowest BCUT2D eigenvalue weighted by Gasteiger charge is -1.84. The molecule has 0 unspecified atom stereocenters. The van der Waals surface area contributed by atoms with Gasteiger partial charge in [0.2, 0.25) is 0 Å². The van der Waals surface area contributed by atoms with Crippen LogP contribution in [0.5, 0.6) is 0 Å². The second kappa shape index (κ2) is 2.94. The minimum Gasteiger partial charge on any atom is -0.180 e. The Morgan fingerprint density at radius 1 is 1.60 bits per heavy atom. The highest BCUT2D eigenvalue weighted by molar-refractivity contribution is 7.32. The molecule has 0 aliphatic heterocycles. The van der Waals surface area contributed by atoms with Crippen molar-refractivity contribution < 1.29 is 0 Å². The van der Waals surface area contributed by atoms with E-state index < -0.39 is 0 Å². The Labute approximate surface area is 41.5 Å². The smallest absolute Gasteiger partial charge is 0.113 e. The van der Waals surface area contributed by atoms with Gasteiger partial charge in [0.25, 0.3) is 0 Å². The lowest BCUT2D eigenvalue weighted by Crippen LogP contribution is -2.04. The predicted octanol–water partition coefficient (Wildman–Crippen LogP) is 0.292. The molecule has 0 nitrogen and oxygen atoms in total. The Bertz CT molecular complexity index is 21.6. The fraction of sp³-hybridized carbons (Fsp3) is 1.00. The van der Waals surface area contributed by atoms with Gasteiger partial charge in [0, 0.05) is 8.31 Å². The van der Waals surface area contributed by atoms with Crippen molar-refractivity contribution in [3.8, 4) is 0 Å². The summed E-state index contributed by atoms with van der Waals surface area (Å²) in [6.07, 6.45) is 0. The van der Waals surface area contributed by atoms with Gasteiger partial charge in [0.05, 0.1) is 0 Å². The summed E-state index contributed by atoms with van der Waals surface area (Å²) in [5.74, 6) is 0. The fourth-order valence-corrected chi connectivity index (χ4v) is 0. The van der Waals surface area contributed by atoms with Gasteiger partial charge in [-0.05, 0) is 0 Å². The topological polar surface area (TPSA) is 0 Å². The molecule has 0 aliphatic rings. The van der Waals surface area contributed by atoms with Gasteiger partial charge in [-0.3, -0.25) is 0 Å². The maximum atomic E-state index is 5.54.